The molecule has 2 aliphatic rings. The van der Waals surface area contributed by atoms with Crippen LogP contribution >= 0.6 is 0 Å². The van der Waals surface area contributed by atoms with Gasteiger partial charge in [0.2, 0.25) is 0 Å². The number of benzene rings is 3. The maximum absolute atomic E-state index is 13.3. The summed E-state index contributed by atoms with van der Waals surface area (Å²) in [5.41, 5.74) is 6.75. The largest absolute Gasteiger partial charge is 0.493 e. The number of fused-ring (bicyclic) bond motifs is 3. The molecule has 1 amide bonds. The number of amides is 1. The van der Waals surface area contributed by atoms with Gasteiger partial charge in [0.15, 0.2) is 0 Å². The molecule has 3 aromatic rings. The lowest BCUT2D eigenvalue weighted by Crippen LogP contribution is -2.29. The Balaban J connectivity index is 1.30. The van der Waals surface area contributed by atoms with Gasteiger partial charge in [-0.05, 0) is 111 Å². The van der Waals surface area contributed by atoms with Gasteiger partial charge in [0.1, 0.15) is 5.75 Å². The van der Waals surface area contributed by atoms with Crippen molar-refractivity contribution in [2.24, 2.45) is 0 Å². The molecule has 40 heavy (non-hydrogen) atoms. The summed E-state index contributed by atoms with van der Waals surface area (Å²) in [7, 11) is 0. The average molecular weight is 540 g/mol. The Kier molecular flexibility index (Phi) is 10.1. The van der Waals surface area contributed by atoms with Gasteiger partial charge in [-0.15, -0.1) is 0 Å². The molecule has 0 radical (unpaired) electrons. The van der Waals surface area contributed by atoms with Crippen LogP contribution in [0, 0.1) is 0 Å². The van der Waals surface area contributed by atoms with Crippen molar-refractivity contribution in [2.75, 3.05) is 37.7 Å². The molecule has 2 heterocycles. The topological polar surface area (TPSA) is 44.8 Å². The summed E-state index contributed by atoms with van der Waals surface area (Å²) < 4.78 is 6.26. The van der Waals surface area contributed by atoms with E-state index in [2.05, 4.69) is 70.6 Å². The predicted octanol–water partition coefficient (Wildman–Crippen LogP) is 6.97. The second kappa shape index (κ2) is 14.4. The molecule has 0 spiro atoms. The fourth-order valence-electron chi connectivity index (χ4n) is 6.00. The fraction of sp³-hybridized carbons (Fsp3) is 0.457. The molecule has 0 aromatic heterocycles. The summed E-state index contributed by atoms with van der Waals surface area (Å²) in [6, 6.07) is 23.4. The SMILES string of the molecule is CCCN1CCCCCOc2ccc(C(=O)NCc3cccc(N4CCCCC4)c3)cc2Cc2cccc(c2)C1. The molecule has 1 fully saturated rings. The van der Waals surface area contributed by atoms with E-state index in [4.69, 9.17) is 4.74 Å². The first-order chi connectivity index (χ1) is 19.7. The number of nitrogens with one attached hydrogen (secondary N) is 1. The number of hydrogen-bond donors (Lipinski definition) is 1. The van der Waals surface area contributed by atoms with Crippen molar-refractivity contribution in [2.45, 2.75) is 71.4 Å². The smallest absolute Gasteiger partial charge is 0.251 e. The third-order valence-electron chi connectivity index (χ3n) is 8.12. The van der Waals surface area contributed by atoms with Crippen LogP contribution in [0.3, 0.4) is 0 Å². The fourth-order valence-corrected chi connectivity index (χ4v) is 6.00. The van der Waals surface area contributed by atoms with Gasteiger partial charge in [-0.2, -0.15) is 0 Å². The first-order valence-corrected chi connectivity index (χ1v) is 15.4. The Morgan fingerprint density at radius 1 is 0.850 bits per heavy atom. The Labute approximate surface area is 240 Å². The summed E-state index contributed by atoms with van der Waals surface area (Å²) in [5.74, 6) is 0.843. The number of carbonyl (C=O) groups is 1. The van der Waals surface area contributed by atoms with E-state index in [1.807, 2.05) is 18.2 Å². The normalized spacial score (nSPS) is 16.9. The van der Waals surface area contributed by atoms with E-state index >= 15 is 0 Å². The van der Waals surface area contributed by atoms with Gasteiger partial charge in [-0.25, -0.2) is 0 Å². The number of ether oxygens (including phenoxy) is 1. The molecule has 2 bridgehead atoms. The van der Waals surface area contributed by atoms with E-state index in [0.717, 1.165) is 68.9 Å². The molecule has 5 nitrogen and oxygen atoms in total. The maximum atomic E-state index is 13.3. The molecule has 1 N–H and O–H groups in total. The monoisotopic (exact) mass is 539 g/mol. The molecule has 0 aliphatic carbocycles. The van der Waals surface area contributed by atoms with E-state index in [1.165, 1.54) is 48.9 Å². The zero-order valence-electron chi connectivity index (χ0n) is 24.2. The summed E-state index contributed by atoms with van der Waals surface area (Å²) >= 11 is 0. The van der Waals surface area contributed by atoms with E-state index < -0.39 is 0 Å². The minimum absolute atomic E-state index is 0.0467. The average Bonchev–Trinajstić information content (AvgIpc) is 2.98. The van der Waals surface area contributed by atoms with Crippen molar-refractivity contribution in [3.8, 4) is 5.75 Å². The standard InChI is InChI=1S/C35H45N3O2/c1-2-17-37-18-5-4-8-21-40-34-16-15-31(25-32(34)23-28-11-9-13-30(22-28)27-37)35(39)36-26-29-12-10-14-33(24-29)38-19-6-3-7-20-38/h9-16,22,24-25H,2-8,17-21,23,26-27H2,1H3,(H,36,39). The summed E-state index contributed by atoms with van der Waals surface area (Å²) in [6.45, 7) is 8.98. The summed E-state index contributed by atoms with van der Waals surface area (Å²) in [6.07, 6.45) is 9.14. The molecule has 1 saturated heterocycles. The van der Waals surface area contributed by atoms with E-state index in [-0.39, 0.29) is 5.91 Å². The quantitative estimate of drug-likeness (QED) is 0.367. The van der Waals surface area contributed by atoms with Gasteiger partial charge in [0.05, 0.1) is 6.61 Å². The van der Waals surface area contributed by atoms with Gasteiger partial charge in [-0.1, -0.05) is 43.3 Å². The van der Waals surface area contributed by atoms with Crippen molar-refractivity contribution >= 4 is 11.6 Å². The highest BCUT2D eigenvalue weighted by Crippen LogP contribution is 2.26. The zero-order valence-corrected chi connectivity index (χ0v) is 24.2. The van der Waals surface area contributed by atoms with Gasteiger partial charge < -0.3 is 15.0 Å². The Hall–Kier alpha value is -3.31. The van der Waals surface area contributed by atoms with Crippen LogP contribution in [0.15, 0.2) is 66.7 Å². The lowest BCUT2D eigenvalue weighted by molar-refractivity contribution is 0.0950. The van der Waals surface area contributed by atoms with Crippen LogP contribution in [0.5, 0.6) is 5.75 Å². The molecule has 3 aromatic carbocycles. The summed E-state index contributed by atoms with van der Waals surface area (Å²) in [5, 5.41) is 3.15. The number of rotatable bonds is 6. The van der Waals surface area contributed by atoms with Crippen LogP contribution in [0.25, 0.3) is 0 Å². The van der Waals surface area contributed by atoms with Crippen molar-refractivity contribution in [3.05, 3.63) is 94.5 Å². The number of carbonyl (C=O) groups excluding carboxylic acids is 1. The van der Waals surface area contributed by atoms with Gasteiger partial charge in [-0.3, -0.25) is 9.69 Å². The van der Waals surface area contributed by atoms with Crippen LogP contribution in [0.4, 0.5) is 5.69 Å². The predicted molar refractivity (Wildman–Crippen MR) is 164 cm³/mol. The van der Waals surface area contributed by atoms with Crippen molar-refractivity contribution in [1.29, 1.82) is 0 Å². The van der Waals surface area contributed by atoms with Gasteiger partial charge in [0.25, 0.3) is 5.91 Å². The molecule has 0 saturated carbocycles. The highest BCUT2D eigenvalue weighted by atomic mass is 16.5. The number of hydrogen-bond acceptors (Lipinski definition) is 4. The Bertz CT molecular complexity index is 1250. The van der Waals surface area contributed by atoms with Gasteiger partial charge in [0, 0.05) is 43.9 Å². The first kappa shape index (κ1) is 28.2. The van der Waals surface area contributed by atoms with Crippen LogP contribution in [-0.4, -0.2) is 43.6 Å². The minimum atomic E-state index is -0.0467. The number of nitrogens with zero attached hydrogens (tertiary/aromatic N) is 2. The highest BCUT2D eigenvalue weighted by Gasteiger charge is 2.15. The van der Waals surface area contributed by atoms with Crippen molar-refractivity contribution < 1.29 is 9.53 Å². The van der Waals surface area contributed by atoms with Crippen LogP contribution < -0.4 is 15.0 Å². The third-order valence-corrected chi connectivity index (χ3v) is 8.12. The van der Waals surface area contributed by atoms with E-state index in [9.17, 15) is 4.79 Å². The van der Waals surface area contributed by atoms with Crippen LogP contribution in [-0.2, 0) is 19.5 Å². The lowest BCUT2D eigenvalue weighted by Gasteiger charge is -2.29. The number of piperidine rings is 1. The lowest BCUT2D eigenvalue weighted by atomic mass is 9.99. The molecule has 0 unspecified atom stereocenters. The van der Waals surface area contributed by atoms with Crippen LogP contribution in [0.2, 0.25) is 0 Å². The Morgan fingerprint density at radius 2 is 1.65 bits per heavy atom. The molecular weight excluding hydrogens is 494 g/mol. The zero-order chi connectivity index (χ0) is 27.6. The molecule has 2 aliphatic heterocycles. The Morgan fingerprint density at radius 3 is 2.52 bits per heavy atom. The molecule has 212 valence electrons. The molecular formula is C35H45N3O2. The minimum Gasteiger partial charge on any atom is -0.493 e. The van der Waals surface area contributed by atoms with Crippen molar-refractivity contribution in [3.63, 3.8) is 0 Å². The first-order valence-electron chi connectivity index (χ1n) is 15.4. The number of anilines is 1. The van der Waals surface area contributed by atoms with E-state index in [0.29, 0.717) is 18.7 Å². The second-order valence-corrected chi connectivity index (χ2v) is 11.4. The highest BCUT2D eigenvalue weighted by molar-refractivity contribution is 5.94. The maximum Gasteiger partial charge on any atom is 0.251 e. The third kappa shape index (κ3) is 7.88. The van der Waals surface area contributed by atoms with E-state index in [1.54, 1.807) is 0 Å². The second-order valence-electron chi connectivity index (χ2n) is 11.4. The van der Waals surface area contributed by atoms with Crippen molar-refractivity contribution in [1.82, 2.24) is 10.2 Å². The van der Waals surface area contributed by atoms with Crippen LogP contribution in [0.1, 0.15) is 84.5 Å². The summed E-state index contributed by atoms with van der Waals surface area (Å²) in [4.78, 5) is 18.3. The van der Waals surface area contributed by atoms with Gasteiger partial charge >= 0.3 is 0 Å². The molecule has 5 heteroatoms. The molecule has 0 atom stereocenters. The molecule has 5 rings (SSSR count).